The van der Waals surface area contributed by atoms with Crippen molar-refractivity contribution in [2.45, 2.75) is 32.9 Å². The number of carbonyl (C=O) groups is 1. The van der Waals surface area contributed by atoms with Crippen LogP contribution in [0, 0.1) is 11.8 Å². The van der Waals surface area contributed by atoms with Crippen molar-refractivity contribution in [3.8, 4) is 11.8 Å². The highest BCUT2D eigenvalue weighted by Gasteiger charge is 2.15. The lowest BCUT2D eigenvalue weighted by molar-refractivity contribution is -0.140. The zero-order valence-corrected chi connectivity index (χ0v) is 13.1. The summed E-state index contributed by atoms with van der Waals surface area (Å²) < 4.78 is 5.49. The summed E-state index contributed by atoms with van der Waals surface area (Å²) in [6.07, 6.45) is 0. The molecule has 0 heterocycles. The van der Waals surface area contributed by atoms with Gasteiger partial charge in [-0.3, -0.25) is 4.79 Å². The van der Waals surface area contributed by atoms with Gasteiger partial charge in [0, 0.05) is 19.2 Å². The van der Waals surface area contributed by atoms with Gasteiger partial charge in [0.1, 0.15) is 13.2 Å². The van der Waals surface area contributed by atoms with E-state index in [1.807, 2.05) is 45.0 Å². The number of nitrogens with zero attached hydrogens (tertiary/aromatic N) is 1. The fourth-order valence-corrected chi connectivity index (χ4v) is 1.64. The maximum Gasteiger partial charge on any atom is 0.248 e. The third-order valence-corrected chi connectivity index (χ3v) is 2.71. The van der Waals surface area contributed by atoms with Crippen LogP contribution in [0.2, 0.25) is 0 Å². The van der Waals surface area contributed by atoms with Crippen LogP contribution in [0.1, 0.15) is 31.9 Å². The molecule has 1 aromatic rings. The Bertz CT molecular complexity index is 535. The van der Waals surface area contributed by atoms with Crippen LogP contribution in [0.5, 0.6) is 0 Å². The molecule has 0 bridgehead atoms. The van der Waals surface area contributed by atoms with Crippen molar-refractivity contribution in [3.05, 3.63) is 35.4 Å². The van der Waals surface area contributed by atoms with Gasteiger partial charge in [-0.25, -0.2) is 0 Å². The Hall–Kier alpha value is -1.83. The van der Waals surface area contributed by atoms with E-state index in [1.54, 1.807) is 11.9 Å². The summed E-state index contributed by atoms with van der Waals surface area (Å²) in [7, 11) is 1.75. The number of aliphatic hydroxyl groups is 1. The number of carbonyl (C=O) groups excluding carboxylic acids is 1. The van der Waals surface area contributed by atoms with Gasteiger partial charge in [0.2, 0.25) is 5.91 Å². The third-order valence-electron chi connectivity index (χ3n) is 2.71. The number of hydrogen-bond donors (Lipinski definition) is 1. The molecular formula is C17H23NO3. The molecule has 0 spiro atoms. The predicted molar refractivity (Wildman–Crippen MR) is 82.6 cm³/mol. The van der Waals surface area contributed by atoms with Gasteiger partial charge in [-0.15, -0.1) is 0 Å². The normalized spacial score (nSPS) is 10.7. The first kappa shape index (κ1) is 17.2. The number of ether oxygens (including phenoxy) is 1. The second-order valence-electron chi connectivity index (χ2n) is 5.81. The second-order valence-corrected chi connectivity index (χ2v) is 5.81. The van der Waals surface area contributed by atoms with Gasteiger partial charge in [-0.2, -0.15) is 0 Å². The molecule has 1 N–H and O–H groups in total. The second kappa shape index (κ2) is 7.82. The fourth-order valence-electron chi connectivity index (χ4n) is 1.64. The lowest BCUT2D eigenvalue weighted by Gasteiger charge is -2.22. The van der Waals surface area contributed by atoms with E-state index >= 15 is 0 Å². The van der Waals surface area contributed by atoms with Crippen molar-refractivity contribution in [2.24, 2.45) is 0 Å². The number of hydrogen-bond acceptors (Lipinski definition) is 3. The van der Waals surface area contributed by atoms with Gasteiger partial charge in [-0.05, 0) is 38.5 Å². The van der Waals surface area contributed by atoms with E-state index < -0.39 is 0 Å². The number of likely N-dealkylation sites (N-methyl/N-ethyl adjacent to an activating group) is 1. The molecule has 1 amide bonds. The van der Waals surface area contributed by atoms with Crippen LogP contribution in [0.4, 0.5) is 0 Å². The van der Waals surface area contributed by atoms with Crippen molar-refractivity contribution in [2.75, 3.05) is 20.3 Å². The highest BCUT2D eigenvalue weighted by atomic mass is 16.5. The zero-order chi connectivity index (χ0) is 15.9. The molecule has 0 fully saturated rings. The highest BCUT2D eigenvalue weighted by molar-refractivity contribution is 5.77. The Morgan fingerprint density at radius 2 is 2.10 bits per heavy atom. The standard InChI is InChI=1S/C17H23NO3/c1-17(2,3)21-13-16(20)18(4)12-15-8-5-7-14(11-15)9-6-10-19/h5,7-8,11,19H,10,12-13H2,1-4H3. The quantitative estimate of drug-likeness (QED) is 0.860. The van der Waals surface area contributed by atoms with Crippen LogP contribution in [-0.4, -0.2) is 41.8 Å². The van der Waals surface area contributed by atoms with Gasteiger partial charge in [0.25, 0.3) is 0 Å². The van der Waals surface area contributed by atoms with Crippen molar-refractivity contribution in [3.63, 3.8) is 0 Å². The van der Waals surface area contributed by atoms with E-state index in [2.05, 4.69) is 11.8 Å². The van der Waals surface area contributed by atoms with E-state index in [0.717, 1.165) is 11.1 Å². The minimum atomic E-state index is -0.323. The molecule has 0 unspecified atom stereocenters. The first-order chi connectivity index (χ1) is 9.81. The van der Waals surface area contributed by atoms with E-state index in [4.69, 9.17) is 9.84 Å². The van der Waals surface area contributed by atoms with Crippen molar-refractivity contribution in [1.29, 1.82) is 0 Å². The molecule has 4 nitrogen and oxygen atoms in total. The topological polar surface area (TPSA) is 49.8 Å². The average Bonchev–Trinajstić information content (AvgIpc) is 2.42. The number of aliphatic hydroxyl groups excluding tert-OH is 1. The number of rotatable bonds is 4. The third kappa shape index (κ3) is 6.94. The van der Waals surface area contributed by atoms with E-state index in [1.165, 1.54) is 0 Å². The Balaban J connectivity index is 2.62. The highest BCUT2D eigenvalue weighted by Crippen LogP contribution is 2.09. The number of benzene rings is 1. The largest absolute Gasteiger partial charge is 0.384 e. The Morgan fingerprint density at radius 3 is 2.71 bits per heavy atom. The van der Waals surface area contributed by atoms with Crippen LogP contribution in [0.25, 0.3) is 0 Å². The summed E-state index contributed by atoms with van der Waals surface area (Å²) in [5.74, 6) is 5.41. The molecule has 0 atom stereocenters. The minimum Gasteiger partial charge on any atom is -0.384 e. The molecule has 1 rings (SSSR count). The maximum absolute atomic E-state index is 12.0. The summed E-state index contributed by atoms with van der Waals surface area (Å²) in [4.78, 5) is 13.6. The maximum atomic E-state index is 12.0. The molecule has 0 aliphatic rings. The van der Waals surface area contributed by atoms with Crippen LogP contribution >= 0.6 is 0 Å². The van der Waals surface area contributed by atoms with Crippen LogP contribution in [0.3, 0.4) is 0 Å². The molecule has 4 heteroatoms. The first-order valence-corrected chi connectivity index (χ1v) is 6.88. The molecular weight excluding hydrogens is 266 g/mol. The summed E-state index contributed by atoms with van der Waals surface area (Å²) in [6.45, 7) is 6.18. The first-order valence-electron chi connectivity index (χ1n) is 6.88. The van der Waals surface area contributed by atoms with Gasteiger partial charge < -0.3 is 14.7 Å². The van der Waals surface area contributed by atoms with E-state index in [0.29, 0.717) is 6.54 Å². The van der Waals surface area contributed by atoms with Crippen molar-refractivity contribution >= 4 is 5.91 Å². The minimum absolute atomic E-state index is 0.0585. The van der Waals surface area contributed by atoms with Crippen LogP contribution < -0.4 is 0 Å². The fraction of sp³-hybridized carbons (Fsp3) is 0.471. The molecule has 21 heavy (non-hydrogen) atoms. The van der Waals surface area contributed by atoms with Crippen molar-refractivity contribution in [1.82, 2.24) is 4.90 Å². The van der Waals surface area contributed by atoms with Crippen LogP contribution in [0.15, 0.2) is 24.3 Å². The molecule has 0 aliphatic carbocycles. The van der Waals surface area contributed by atoms with Crippen LogP contribution in [-0.2, 0) is 16.1 Å². The Labute approximate surface area is 126 Å². The molecule has 1 aromatic carbocycles. The molecule has 114 valence electrons. The molecule has 0 saturated heterocycles. The van der Waals surface area contributed by atoms with Gasteiger partial charge in [-0.1, -0.05) is 24.0 Å². The van der Waals surface area contributed by atoms with E-state index in [9.17, 15) is 4.79 Å². The van der Waals surface area contributed by atoms with Crippen molar-refractivity contribution < 1.29 is 14.6 Å². The lowest BCUT2D eigenvalue weighted by Crippen LogP contribution is -2.33. The molecule has 0 saturated carbocycles. The average molecular weight is 289 g/mol. The number of amides is 1. The van der Waals surface area contributed by atoms with Gasteiger partial charge >= 0.3 is 0 Å². The Kier molecular flexibility index (Phi) is 6.41. The smallest absolute Gasteiger partial charge is 0.248 e. The summed E-state index contributed by atoms with van der Waals surface area (Å²) in [5.41, 5.74) is 1.50. The summed E-state index contributed by atoms with van der Waals surface area (Å²) in [6, 6.07) is 7.62. The van der Waals surface area contributed by atoms with E-state index in [-0.39, 0.29) is 24.7 Å². The lowest BCUT2D eigenvalue weighted by atomic mass is 10.1. The molecule has 0 aromatic heterocycles. The Morgan fingerprint density at radius 1 is 1.38 bits per heavy atom. The van der Waals surface area contributed by atoms with Gasteiger partial charge in [0.05, 0.1) is 5.60 Å². The molecule has 0 radical (unpaired) electrons. The monoisotopic (exact) mass is 289 g/mol. The SMILES string of the molecule is CN(Cc1cccc(C#CCO)c1)C(=O)COC(C)(C)C. The summed E-state index contributed by atoms with van der Waals surface area (Å²) >= 11 is 0. The van der Waals surface area contributed by atoms with Gasteiger partial charge in [0.15, 0.2) is 0 Å². The molecule has 0 aliphatic heterocycles. The predicted octanol–water partition coefficient (Wildman–Crippen LogP) is 1.80. The zero-order valence-electron chi connectivity index (χ0n) is 13.1. The summed E-state index contributed by atoms with van der Waals surface area (Å²) in [5, 5.41) is 8.70.